The van der Waals surface area contributed by atoms with Crippen LogP contribution in [0.5, 0.6) is 0 Å². The van der Waals surface area contributed by atoms with Gasteiger partial charge in [-0.3, -0.25) is 0 Å². The first-order valence-corrected chi connectivity index (χ1v) is 6.04. The molecule has 0 unspecified atom stereocenters. The molecule has 14 heavy (non-hydrogen) atoms. The van der Waals surface area contributed by atoms with Gasteiger partial charge >= 0.3 is 0 Å². The molecule has 1 aliphatic rings. The van der Waals surface area contributed by atoms with Crippen molar-refractivity contribution < 1.29 is 4.74 Å². The molecular weight excluding hydrogens is 172 g/mol. The molecule has 1 fully saturated rings. The van der Waals surface area contributed by atoms with Crippen LogP contribution in [0.15, 0.2) is 0 Å². The molecule has 0 aromatic carbocycles. The summed E-state index contributed by atoms with van der Waals surface area (Å²) in [6, 6.07) is 0. The van der Waals surface area contributed by atoms with Crippen LogP contribution in [0.4, 0.5) is 0 Å². The van der Waals surface area contributed by atoms with Crippen LogP contribution in [0.25, 0.3) is 0 Å². The zero-order valence-electron chi connectivity index (χ0n) is 10.6. The molecule has 0 spiro atoms. The van der Waals surface area contributed by atoms with Crippen molar-refractivity contribution in [2.75, 3.05) is 0 Å². The Morgan fingerprint density at radius 1 is 0.929 bits per heavy atom. The zero-order valence-corrected chi connectivity index (χ0v) is 10.6. The predicted molar refractivity (Wildman–Crippen MR) is 61.4 cm³/mol. The van der Waals surface area contributed by atoms with Crippen LogP contribution >= 0.6 is 0 Å². The van der Waals surface area contributed by atoms with Gasteiger partial charge in [-0.15, -0.1) is 0 Å². The van der Waals surface area contributed by atoms with Gasteiger partial charge in [0.05, 0.1) is 12.2 Å². The second kappa shape index (κ2) is 4.22. The van der Waals surface area contributed by atoms with Gasteiger partial charge in [-0.05, 0) is 43.9 Å². The van der Waals surface area contributed by atoms with Gasteiger partial charge in [-0.25, -0.2) is 0 Å². The summed E-state index contributed by atoms with van der Waals surface area (Å²) >= 11 is 0. The monoisotopic (exact) mass is 198 g/mol. The van der Waals surface area contributed by atoms with E-state index in [-0.39, 0.29) is 0 Å². The van der Waals surface area contributed by atoms with E-state index in [9.17, 15) is 0 Å². The molecule has 0 saturated heterocycles. The van der Waals surface area contributed by atoms with E-state index in [4.69, 9.17) is 4.74 Å². The van der Waals surface area contributed by atoms with Gasteiger partial charge < -0.3 is 4.74 Å². The van der Waals surface area contributed by atoms with Crippen molar-refractivity contribution in [3.05, 3.63) is 0 Å². The Labute approximate surface area is 89.2 Å². The molecule has 0 heterocycles. The lowest BCUT2D eigenvalue weighted by atomic mass is 9.55. The lowest BCUT2D eigenvalue weighted by Gasteiger charge is -2.54. The molecule has 1 nitrogen and oxygen atoms in total. The Morgan fingerprint density at radius 3 is 1.64 bits per heavy atom. The molecule has 0 aliphatic heterocycles. The highest BCUT2D eigenvalue weighted by atomic mass is 16.5. The van der Waals surface area contributed by atoms with Crippen molar-refractivity contribution in [2.45, 2.75) is 66.6 Å². The first kappa shape index (κ1) is 12.0. The van der Waals surface area contributed by atoms with Crippen molar-refractivity contribution in [3.8, 4) is 0 Å². The molecule has 0 radical (unpaired) electrons. The Morgan fingerprint density at radius 2 is 1.36 bits per heavy atom. The van der Waals surface area contributed by atoms with Gasteiger partial charge in [0.25, 0.3) is 0 Å². The molecular formula is C13H26O. The summed E-state index contributed by atoms with van der Waals surface area (Å²) in [4.78, 5) is 0. The van der Waals surface area contributed by atoms with Gasteiger partial charge in [0, 0.05) is 0 Å². The Bertz CT molecular complexity index is 166. The lowest BCUT2D eigenvalue weighted by molar-refractivity contribution is -0.141. The van der Waals surface area contributed by atoms with Crippen LogP contribution in [0.1, 0.15) is 54.4 Å². The standard InChI is InChI=1S/C13H26O/c1-9(2)13(10(3)4)7-12(8-13)14-11(5)6/h9-12H,7-8H2,1-6H3. The molecule has 0 aromatic heterocycles. The molecule has 0 bridgehead atoms. The molecule has 0 amide bonds. The van der Waals surface area contributed by atoms with Crippen LogP contribution in [0, 0.1) is 17.3 Å². The van der Waals surface area contributed by atoms with Crippen LogP contribution in [-0.4, -0.2) is 12.2 Å². The van der Waals surface area contributed by atoms with Crippen LogP contribution in [0.3, 0.4) is 0 Å². The third-order valence-electron chi connectivity index (χ3n) is 3.98. The van der Waals surface area contributed by atoms with Gasteiger partial charge in [-0.2, -0.15) is 0 Å². The summed E-state index contributed by atoms with van der Waals surface area (Å²) < 4.78 is 5.84. The molecule has 1 saturated carbocycles. The smallest absolute Gasteiger partial charge is 0.0589 e. The van der Waals surface area contributed by atoms with Crippen molar-refractivity contribution >= 4 is 0 Å². The van der Waals surface area contributed by atoms with E-state index in [0.717, 1.165) is 11.8 Å². The Kier molecular flexibility index (Phi) is 3.63. The average Bonchev–Trinajstić information content (AvgIpc) is 1.93. The molecule has 1 heteroatoms. The van der Waals surface area contributed by atoms with Crippen molar-refractivity contribution in [2.24, 2.45) is 17.3 Å². The lowest BCUT2D eigenvalue weighted by Crippen LogP contribution is -2.50. The SMILES string of the molecule is CC(C)OC1CC(C(C)C)(C(C)C)C1. The average molecular weight is 198 g/mol. The Hall–Kier alpha value is -0.0400. The Balaban J connectivity index is 2.48. The summed E-state index contributed by atoms with van der Waals surface area (Å²) in [5, 5.41) is 0. The van der Waals surface area contributed by atoms with E-state index in [2.05, 4.69) is 41.5 Å². The second-order valence-electron chi connectivity index (χ2n) is 5.76. The number of hydrogen-bond acceptors (Lipinski definition) is 1. The molecule has 0 aromatic rings. The fourth-order valence-electron chi connectivity index (χ4n) is 2.88. The minimum atomic E-state index is 0.386. The third-order valence-corrected chi connectivity index (χ3v) is 3.98. The number of ether oxygens (including phenoxy) is 1. The van der Waals surface area contributed by atoms with Crippen LogP contribution in [-0.2, 0) is 4.74 Å². The maximum Gasteiger partial charge on any atom is 0.0589 e. The number of rotatable bonds is 4. The van der Waals surface area contributed by atoms with Crippen molar-refractivity contribution in [1.29, 1.82) is 0 Å². The third kappa shape index (κ3) is 2.13. The van der Waals surface area contributed by atoms with Crippen molar-refractivity contribution in [3.63, 3.8) is 0 Å². The van der Waals surface area contributed by atoms with E-state index in [1.54, 1.807) is 0 Å². The fraction of sp³-hybridized carbons (Fsp3) is 1.00. The van der Waals surface area contributed by atoms with E-state index >= 15 is 0 Å². The highest BCUT2D eigenvalue weighted by Gasteiger charge is 2.49. The molecule has 84 valence electrons. The molecule has 1 aliphatic carbocycles. The van der Waals surface area contributed by atoms with E-state index < -0.39 is 0 Å². The summed E-state index contributed by atoms with van der Waals surface area (Å²) in [5.74, 6) is 1.57. The summed E-state index contributed by atoms with van der Waals surface area (Å²) in [5.41, 5.74) is 0.555. The maximum atomic E-state index is 5.84. The molecule has 1 rings (SSSR count). The second-order valence-corrected chi connectivity index (χ2v) is 5.76. The van der Waals surface area contributed by atoms with Crippen molar-refractivity contribution in [1.82, 2.24) is 0 Å². The van der Waals surface area contributed by atoms with E-state index in [1.807, 2.05) is 0 Å². The van der Waals surface area contributed by atoms with Crippen LogP contribution < -0.4 is 0 Å². The highest BCUT2D eigenvalue weighted by Crippen LogP contribution is 2.53. The highest BCUT2D eigenvalue weighted by molar-refractivity contribution is 4.98. The van der Waals surface area contributed by atoms with Gasteiger partial charge in [0.1, 0.15) is 0 Å². The largest absolute Gasteiger partial charge is 0.376 e. The first-order valence-electron chi connectivity index (χ1n) is 6.04. The number of hydrogen-bond donors (Lipinski definition) is 0. The van der Waals surface area contributed by atoms with Gasteiger partial charge in [0.2, 0.25) is 0 Å². The van der Waals surface area contributed by atoms with Gasteiger partial charge in [0.15, 0.2) is 0 Å². The summed E-state index contributed by atoms with van der Waals surface area (Å²) in [7, 11) is 0. The molecule has 0 N–H and O–H groups in total. The summed E-state index contributed by atoms with van der Waals surface area (Å²) in [6.45, 7) is 13.7. The quantitative estimate of drug-likeness (QED) is 0.666. The fourth-order valence-corrected chi connectivity index (χ4v) is 2.88. The van der Waals surface area contributed by atoms with Gasteiger partial charge in [-0.1, -0.05) is 27.7 Å². The molecule has 0 atom stereocenters. The maximum absolute atomic E-state index is 5.84. The topological polar surface area (TPSA) is 9.23 Å². The minimum Gasteiger partial charge on any atom is -0.376 e. The van der Waals surface area contributed by atoms with E-state index in [1.165, 1.54) is 12.8 Å². The minimum absolute atomic E-state index is 0.386. The van der Waals surface area contributed by atoms with E-state index in [0.29, 0.717) is 17.6 Å². The first-order chi connectivity index (χ1) is 6.38. The predicted octanol–water partition coefficient (Wildman–Crippen LogP) is 3.87. The summed E-state index contributed by atoms with van der Waals surface area (Å²) in [6.07, 6.45) is 3.44. The normalized spacial score (nSPS) is 22.1. The van der Waals surface area contributed by atoms with Crippen LogP contribution in [0.2, 0.25) is 0 Å². The zero-order chi connectivity index (χ0) is 10.9.